The van der Waals surface area contributed by atoms with E-state index in [9.17, 15) is 0 Å². The highest BCUT2D eigenvalue weighted by Gasteiger charge is 2.12. The SMILES string of the molecule is CCOc1ccccc1-c1nc2cccc(N)c2s1. The normalized spacial score (nSPS) is 10.8. The molecule has 96 valence electrons. The second-order valence-corrected chi connectivity index (χ2v) is 5.14. The molecule has 2 N–H and O–H groups in total. The van der Waals surface area contributed by atoms with E-state index in [1.807, 2.05) is 49.4 Å². The molecule has 2 aromatic carbocycles. The Hall–Kier alpha value is -2.07. The molecule has 0 spiro atoms. The van der Waals surface area contributed by atoms with Crippen molar-refractivity contribution in [2.75, 3.05) is 12.3 Å². The molecule has 19 heavy (non-hydrogen) atoms. The Morgan fingerprint density at radius 2 is 2.00 bits per heavy atom. The minimum Gasteiger partial charge on any atom is -0.493 e. The molecule has 0 atom stereocenters. The van der Waals surface area contributed by atoms with Gasteiger partial charge in [-0.2, -0.15) is 0 Å². The van der Waals surface area contributed by atoms with Crippen LogP contribution in [0.2, 0.25) is 0 Å². The smallest absolute Gasteiger partial charge is 0.129 e. The summed E-state index contributed by atoms with van der Waals surface area (Å²) in [5.74, 6) is 0.864. The van der Waals surface area contributed by atoms with Crippen LogP contribution in [0.5, 0.6) is 5.75 Å². The number of benzene rings is 2. The maximum atomic E-state index is 5.98. The van der Waals surface area contributed by atoms with Gasteiger partial charge in [0.15, 0.2) is 0 Å². The van der Waals surface area contributed by atoms with Crippen molar-refractivity contribution >= 4 is 27.2 Å². The number of ether oxygens (including phenoxy) is 1. The lowest BCUT2D eigenvalue weighted by molar-refractivity contribution is 0.341. The molecule has 0 aliphatic rings. The number of thiazole rings is 1. The predicted octanol–water partition coefficient (Wildman–Crippen LogP) is 3.94. The molecule has 3 rings (SSSR count). The fraction of sp³-hybridized carbons (Fsp3) is 0.133. The van der Waals surface area contributed by atoms with E-state index in [-0.39, 0.29) is 0 Å². The zero-order valence-corrected chi connectivity index (χ0v) is 11.4. The molecular weight excluding hydrogens is 256 g/mol. The summed E-state index contributed by atoms with van der Waals surface area (Å²) in [6.07, 6.45) is 0. The molecular formula is C15H14N2OS. The first kappa shape index (κ1) is 12.0. The molecule has 3 nitrogen and oxygen atoms in total. The van der Waals surface area contributed by atoms with Gasteiger partial charge in [0.25, 0.3) is 0 Å². The van der Waals surface area contributed by atoms with E-state index < -0.39 is 0 Å². The van der Waals surface area contributed by atoms with Gasteiger partial charge in [-0.15, -0.1) is 11.3 Å². The monoisotopic (exact) mass is 270 g/mol. The summed E-state index contributed by atoms with van der Waals surface area (Å²) in [5.41, 5.74) is 8.71. The molecule has 0 amide bonds. The van der Waals surface area contributed by atoms with E-state index in [1.165, 1.54) is 0 Å². The van der Waals surface area contributed by atoms with Crippen LogP contribution in [0.25, 0.3) is 20.8 Å². The zero-order valence-electron chi connectivity index (χ0n) is 10.6. The lowest BCUT2D eigenvalue weighted by atomic mass is 10.2. The molecule has 0 saturated heterocycles. The average molecular weight is 270 g/mol. The van der Waals surface area contributed by atoms with Crippen LogP contribution in [0.4, 0.5) is 5.69 Å². The Labute approximate surface area is 115 Å². The Balaban J connectivity index is 2.17. The van der Waals surface area contributed by atoms with Crippen molar-refractivity contribution in [1.29, 1.82) is 0 Å². The number of anilines is 1. The lowest BCUT2D eigenvalue weighted by Crippen LogP contribution is -1.93. The fourth-order valence-corrected chi connectivity index (χ4v) is 3.03. The molecule has 1 heterocycles. The number of para-hydroxylation sites is 1. The molecule has 0 radical (unpaired) electrons. The summed E-state index contributed by atoms with van der Waals surface area (Å²) in [4.78, 5) is 4.65. The van der Waals surface area contributed by atoms with Crippen LogP contribution >= 0.6 is 11.3 Å². The molecule has 0 fully saturated rings. The van der Waals surface area contributed by atoms with Crippen molar-refractivity contribution in [2.24, 2.45) is 0 Å². The molecule has 0 bridgehead atoms. The minimum absolute atomic E-state index is 0.643. The lowest BCUT2D eigenvalue weighted by Gasteiger charge is -2.06. The van der Waals surface area contributed by atoms with Crippen molar-refractivity contribution < 1.29 is 4.74 Å². The predicted molar refractivity (Wildman–Crippen MR) is 80.6 cm³/mol. The number of nitrogens with two attached hydrogens (primary N) is 1. The van der Waals surface area contributed by atoms with Crippen LogP contribution in [0.15, 0.2) is 42.5 Å². The van der Waals surface area contributed by atoms with Crippen LogP contribution in [-0.4, -0.2) is 11.6 Å². The number of fused-ring (bicyclic) bond motifs is 1. The second kappa shape index (κ2) is 4.90. The van der Waals surface area contributed by atoms with E-state index in [0.29, 0.717) is 6.61 Å². The first-order valence-corrected chi connectivity index (χ1v) is 6.98. The third-order valence-electron chi connectivity index (χ3n) is 2.86. The second-order valence-electron chi connectivity index (χ2n) is 4.14. The van der Waals surface area contributed by atoms with E-state index >= 15 is 0 Å². The van der Waals surface area contributed by atoms with Gasteiger partial charge in [-0.1, -0.05) is 18.2 Å². The number of hydrogen-bond acceptors (Lipinski definition) is 4. The fourth-order valence-electron chi connectivity index (χ4n) is 2.01. The maximum Gasteiger partial charge on any atom is 0.129 e. The zero-order chi connectivity index (χ0) is 13.2. The summed E-state index contributed by atoms with van der Waals surface area (Å²) < 4.78 is 6.68. The standard InChI is InChI=1S/C15H14N2OS/c1-2-18-13-9-4-3-6-10(13)15-17-12-8-5-7-11(16)14(12)19-15/h3-9H,2,16H2,1H3. The molecule has 4 heteroatoms. The topological polar surface area (TPSA) is 48.1 Å². The summed E-state index contributed by atoms with van der Waals surface area (Å²) >= 11 is 1.60. The van der Waals surface area contributed by atoms with Crippen molar-refractivity contribution in [3.05, 3.63) is 42.5 Å². The Kier molecular flexibility index (Phi) is 3.09. The van der Waals surface area contributed by atoms with Crippen LogP contribution in [0, 0.1) is 0 Å². The maximum absolute atomic E-state index is 5.98. The van der Waals surface area contributed by atoms with Gasteiger partial charge in [0, 0.05) is 0 Å². The highest BCUT2D eigenvalue weighted by molar-refractivity contribution is 7.22. The Morgan fingerprint density at radius 1 is 1.16 bits per heavy atom. The van der Waals surface area contributed by atoms with Crippen molar-refractivity contribution in [2.45, 2.75) is 6.92 Å². The Bertz CT molecular complexity index is 721. The molecule has 1 aromatic heterocycles. The number of nitrogen functional groups attached to an aromatic ring is 1. The van der Waals surface area contributed by atoms with E-state index in [0.717, 1.165) is 32.2 Å². The molecule has 0 saturated carbocycles. The quantitative estimate of drug-likeness (QED) is 0.733. The van der Waals surface area contributed by atoms with Crippen LogP contribution in [0.3, 0.4) is 0 Å². The summed E-state index contributed by atoms with van der Waals surface area (Å²) in [5, 5.41) is 0.942. The van der Waals surface area contributed by atoms with Gasteiger partial charge in [0.2, 0.25) is 0 Å². The van der Waals surface area contributed by atoms with E-state index in [1.54, 1.807) is 11.3 Å². The Morgan fingerprint density at radius 3 is 2.79 bits per heavy atom. The van der Waals surface area contributed by atoms with Gasteiger partial charge in [0.05, 0.1) is 28.1 Å². The minimum atomic E-state index is 0.643. The summed E-state index contributed by atoms with van der Waals surface area (Å²) in [6, 6.07) is 13.8. The van der Waals surface area contributed by atoms with Crippen LogP contribution < -0.4 is 10.5 Å². The van der Waals surface area contributed by atoms with Gasteiger partial charge in [-0.25, -0.2) is 4.98 Å². The number of rotatable bonds is 3. The third-order valence-corrected chi connectivity index (χ3v) is 4.02. The molecule has 0 unspecified atom stereocenters. The highest BCUT2D eigenvalue weighted by Crippen LogP contribution is 2.37. The van der Waals surface area contributed by atoms with E-state index in [2.05, 4.69) is 4.98 Å². The van der Waals surface area contributed by atoms with Gasteiger partial charge in [-0.3, -0.25) is 0 Å². The van der Waals surface area contributed by atoms with Gasteiger partial charge in [0.1, 0.15) is 10.8 Å². The number of aromatic nitrogens is 1. The highest BCUT2D eigenvalue weighted by atomic mass is 32.1. The average Bonchev–Trinajstić information content (AvgIpc) is 2.85. The van der Waals surface area contributed by atoms with Crippen molar-refractivity contribution in [3.63, 3.8) is 0 Å². The summed E-state index contributed by atoms with van der Waals surface area (Å²) in [7, 11) is 0. The van der Waals surface area contributed by atoms with Gasteiger partial charge < -0.3 is 10.5 Å². The van der Waals surface area contributed by atoms with Gasteiger partial charge in [-0.05, 0) is 31.2 Å². The van der Waals surface area contributed by atoms with Crippen LogP contribution in [0.1, 0.15) is 6.92 Å². The number of nitrogens with zero attached hydrogens (tertiary/aromatic N) is 1. The van der Waals surface area contributed by atoms with Crippen molar-refractivity contribution in [3.8, 4) is 16.3 Å². The number of hydrogen-bond donors (Lipinski definition) is 1. The molecule has 0 aliphatic carbocycles. The molecule has 3 aromatic rings. The van der Waals surface area contributed by atoms with E-state index in [4.69, 9.17) is 10.5 Å². The van der Waals surface area contributed by atoms with Crippen LogP contribution in [-0.2, 0) is 0 Å². The first-order chi connectivity index (χ1) is 9.29. The summed E-state index contributed by atoms with van der Waals surface area (Å²) in [6.45, 7) is 2.62. The molecule has 0 aliphatic heterocycles. The van der Waals surface area contributed by atoms with Gasteiger partial charge >= 0.3 is 0 Å². The van der Waals surface area contributed by atoms with Crippen molar-refractivity contribution in [1.82, 2.24) is 4.98 Å². The largest absolute Gasteiger partial charge is 0.493 e. The third kappa shape index (κ3) is 2.15. The first-order valence-electron chi connectivity index (χ1n) is 6.17.